The molecule has 1 rings (SSSR count). The molecule has 0 aromatic heterocycles. The Balaban J connectivity index is 2.65. The third-order valence-electron chi connectivity index (χ3n) is 2.55. The smallest absolute Gasteiger partial charge is 0.313 e. The van der Waals surface area contributed by atoms with Crippen LogP contribution >= 0.6 is 0 Å². The van der Waals surface area contributed by atoms with Gasteiger partial charge in [-0.3, -0.25) is 9.59 Å². The van der Waals surface area contributed by atoms with Crippen LogP contribution in [0.5, 0.6) is 0 Å². The van der Waals surface area contributed by atoms with Crippen molar-refractivity contribution in [2.75, 3.05) is 13.7 Å². The second kappa shape index (κ2) is 6.31. The molecule has 0 aliphatic carbocycles. The molecule has 0 spiro atoms. The first-order valence-electron chi connectivity index (χ1n) is 5.13. The third kappa shape index (κ3) is 3.17. The summed E-state index contributed by atoms with van der Waals surface area (Å²) in [5.41, 5.74) is 8.14. The van der Waals surface area contributed by atoms with Crippen molar-refractivity contribution in [3.05, 3.63) is 10.4 Å². The molecule has 1 aliphatic heterocycles. The van der Waals surface area contributed by atoms with Crippen molar-refractivity contribution in [2.24, 2.45) is 5.11 Å². The minimum Gasteiger partial charge on any atom is -0.469 e. The van der Waals surface area contributed by atoms with Gasteiger partial charge < -0.3 is 19.7 Å². The molecular formula is C9H13N3O6. The van der Waals surface area contributed by atoms with Crippen LogP contribution in [0.25, 0.3) is 10.4 Å². The summed E-state index contributed by atoms with van der Waals surface area (Å²) in [6, 6.07) is 0. The lowest BCUT2D eigenvalue weighted by Crippen LogP contribution is -2.37. The van der Waals surface area contributed by atoms with Crippen molar-refractivity contribution in [3.63, 3.8) is 0 Å². The van der Waals surface area contributed by atoms with Crippen LogP contribution in [0.2, 0.25) is 0 Å². The van der Waals surface area contributed by atoms with Crippen molar-refractivity contribution in [2.45, 2.75) is 30.8 Å². The predicted molar refractivity (Wildman–Crippen MR) is 56.3 cm³/mol. The van der Waals surface area contributed by atoms with E-state index in [1.807, 2.05) is 0 Å². The Labute approximate surface area is 102 Å². The zero-order chi connectivity index (χ0) is 13.7. The fourth-order valence-electron chi connectivity index (χ4n) is 1.60. The summed E-state index contributed by atoms with van der Waals surface area (Å²) >= 11 is 0. The van der Waals surface area contributed by atoms with Gasteiger partial charge in [0.05, 0.1) is 19.8 Å². The largest absolute Gasteiger partial charge is 0.469 e. The molecule has 0 saturated carbocycles. The zero-order valence-corrected chi connectivity index (χ0v) is 9.59. The van der Waals surface area contributed by atoms with E-state index in [4.69, 9.17) is 10.3 Å². The van der Waals surface area contributed by atoms with Crippen molar-refractivity contribution in [1.82, 2.24) is 0 Å². The van der Waals surface area contributed by atoms with E-state index >= 15 is 0 Å². The van der Waals surface area contributed by atoms with Crippen LogP contribution in [0.1, 0.15) is 6.42 Å². The van der Waals surface area contributed by atoms with Gasteiger partial charge in [0.1, 0.15) is 24.7 Å². The molecule has 9 nitrogen and oxygen atoms in total. The van der Waals surface area contributed by atoms with Gasteiger partial charge in [0, 0.05) is 4.91 Å². The molecule has 1 unspecified atom stereocenters. The van der Waals surface area contributed by atoms with Crippen molar-refractivity contribution < 1.29 is 29.3 Å². The average Bonchev–Trinajstić information content (AvgIpc) is 2.64. The molecule has 2 N–H and O–H groups in total. The number of aliphatic hydroxyl groups excluding tert-OH is 2. The van der Waals surface area contributed by atoms with E-state index in [1.165, 1.54) is 0 Å². The maximum Gasteiger partial charge on any atom is 0.313 e. The number of carbonyl (C=O) groups is 2. The van der Waals surface area contributed by atoms with E-state index in [0.29, 0.717) is 0 Å². The fraction of sp³-hybridized carbons (Fsp3) is 0.778. The van der Waals surface area contributed by atoms with Gasteiger partial charge in [0.15, 0.2) is 5.78 Å². The zero-order valence-electron chi connectivity index (χ0n) is 9.59. The highest BCUT2D eigenvalue weighted by Gasteiger charge is 2.45. The number of carbonyl (C=O) groups excluding carboxylic acids is 2. The molecule has 1 fully saturated rings. The number of hydrogen-bond acceptors (Lipinski definition) is 7. The summed E-state index contributed by atoms with van der Waals surface area (Å²) in [5.74, 6) is -1.46. The van der Waals surface area contributed by atoms with Gasteiger partial charge in [0.25, 0.3) is 0 Å². The van der Waals surface area contributed by atoms with E-state index in [9.17, 15) is 19.8 Å². The summed E-state index contributed by atoms with van der Waals surface area (Å²) in [6.45, 7) is -0.212. The first-order chi connectivity index (χ1) is 8.51. The van der Waals surface area contributed by atoms with Gasteiger partial charge >= 0.3 is 5.97 Å². The van der Waals surface area contributed by atoms with E-state index in [-0.39, 0.29) is 6.54 Å². The number of methoxy groups -OCH3 is 1. The Morgan fingerprint density at radius 3 is 2.67 bits per heavy atom. The number of nitrogens with zero attached hydrogens (tertiary/aromatic N) is 3. The lowest BCUT2D eigenvalue weighted by atomic mass is 10.0. The second-order valence-corrected chi connectivity index (χ2v) is 3.71. The quantitative estimate of drug-likeness (QED) is 0.211. The number of aliphatic hydroxyl groups is 2. The number of ether oxygens (including phenoxy) is 2. The SMILES string of the molecule is COC(=O)CC(=O)[C@@H]1O[C@H](CN=[N+]=[N-])[C@@H](O)C1O. The molecule has 100 valence electrons. The van der Waals surface area contributed by atoms with Crippen molar-refractivity contribution >= 4 is 11.8 Å². The van der Waals surface area contributed by atoms with Crippen LogP contribution in [-0.4, -0.2) is 60.0 Å². The first-order valence-corrected chi connectivity index (χ1v) is 5.13. The molecule has 0 amide bonds. The predicted octanol–water partition coefficient (Wildman–Crippen LogP) is -1.08. The van der Waals surface area contributed by atoms with Crippen LogP contribution in [-0.2, 0) is 19.1 Å². The maximum absolute atomic E-state index is 11.6. The summed E-state index contributed by atoms with van der Waals surface area (Å²) in [5, 5.41) is 22.4. The van der Waals surface area contributed by atoms with E-state index in [2.05, 4.69) is 14.8 Å². The second-order valence-electron chi connectivity index (χ2n) is 3.71. The highest BCUT2D eigenvalue weighted by atomic mass is 16.5. The molecule has 0 radical (unpaired) electrons. The monoisotopic (exact) mass is 259 g/mol. The molecule has 1 heterocycles. The van der Waals surface area contributed by atoms with Crippen LogP contribution in [0, 0.1) is 0 Å². The standard InChI is InChI=1S/C9H13N3O6/c1-17-6(14)2-4(13)9-8(16)7(15)5(18-9)3-11-12-10/h5,7-9,15-16H,2-3H2,1H3/t5-,7-,8?,9+/m1/s1. The Kier molecular flexibility index (Phi) is 5.05. The molecule has 18 heavy (non-hydrogen) atoms. The van der Waals surface area contributed by atoms with Gasteiger partial charge in [-0.05, 0) is 5.53 Å². The first kappa shape index (κ1) is 14.4. The van der Waals surface area contributed by atoms with Crippen LogP contribution in [0.4, 0.5) is 0 Å². The molecule has 0 aromatic carbocycles. The summed E-state index contributed by atoms with van der Waals surface area (Å²) in [7, 11) is 1.13. The van der Waals surface area contributed by atoms with Crippen molar-refractivity contribution in [3.8, 4) is 0 Å². The lowest BCUT2D eigenvalue weighted by Gasteiger charge is -2.12. The molecule has 9 heteroatoms. The minimum absolute atomic E-state index is 0.212. The summed E-state index contributed by atoms with van der Waals surface area (Å²) in [4.78, 5) is 25.0. The highest BCUT2D eigenvalue weighted by Crippen LogP contribution is 2.23. The highest BCUT2D eigenvalue weighted by molar-refractivity contribution is 5.98. The number of esters is 1. The Hall–Kier alpha value is -1.67. The van der Waals surface area contributed by atoms with E-state index in [1.54, 1.807) is 0 Å². The van der Waals surface area contributed by atoms with Crippen LogP contribution in [0.15, 0.2) is 5.11 Å². The van der Waals surface area contributed by atoms with Crippen molar-refractivity contribution in [1.29, 1.82) is 0 Å². The fourth-order valence-corrected chi connectivity index (χ4v) is 1.60. The van der Waals surface area contributed by atoms with Crippen LogP contribution < -0.4 is 0 Å². The van der Waals surface area contributed by atoms with Gasteiger partial charge in [-0.1, -0.05) is 5.11 Å². The third-order valence-corrected chi connectivity index (χ3v) is 2.55. The average molecular weight is 259 g/mol. The maximum atomic E-state index is 11.6. The number of Topliss-reactive ketones (excluding diaryl/α,β-unsaturated/α-hetero) is 1. The molecule has 0 aromatic rings. The molecule has 1 aliphatic rings. The number of azide groups is 1. The number of ketones is 1. The van der Waals surface area contributed by atoms with Gasteiger partial charge in [-0.15, -0.1) is 0 Å². The Morgan fingerprint density at radius 1 is 1.44 bits per heavy atom. The minimum atomic E-state index is -1.46. The summed E-state index contributed by atoms with van der Waals surface area (Å²) in [6.07, 6.45) is -5.65. The van der Waals surface area contributed by atoms with E-state index in [0.717, 1.165) is 7.11 Å². The molecular weight excluding hydrogens is 246 g/mol. The van der Waals surface area contributed by atoms with E-state index < -0.39 is 42.6 Å². The summed E-state index contributed by atoms with van der Waals surface area (Å²) < 4.78 is 9.38. The van der Waals surface area contributed by atoms with Gasteiger partial charge in [0.2, 0.25) is 0 Å². The van der Waals surface area contributed by atoms with Gasteiger partial charge in [-0.2, -0.15) is 0 Å². The Bertz CT molecular complexity index is 380. The molecule has 4 atom stereocenters. The number of hydrogen-bond donors (Lipinski definition) is 2. The topological polar surface area (TPSA) is 142 Å². The number of rotatable bonds is 5. The Morgan fingerprint density at radius 2 is 2.11 bits per heavy atom. The molecule has 0 bridgehead atoms. The molecule has 1 saturated heterocycles. The lowest BCUT2D eigenvalue weighted by molar-refractivity contribution is -0.147. The normalized spacial score (nSPS) is 30.6. The van der Waals surface area contributed by atoms with Gasteiger partial charge in [-0.25, -0.2) is 0 Å². The van der Waals surface area contributed by atoms with Crippen LogP contribution in [0.3, 0.4) is 0 Å².